The fourth-order valence-electron chi connectivity index (χ4n) is 1.53. The van der Waals surface area contributed by atoms with Crippen molar-refractivity contribution in [3.63, 3.8) is 0 Å². The standard InChI is InChI=1S/C11H11N3O2S.ClH/c1-17(15,16)10-5-3-2-4-8(10)9-6-7-13-11(12)14-9;/h2-7H,1H3,(H2,12,13,14);1H. The van der Waals surface area contributed by atoms with E-state index in [1.54, 1.807) is 30.3 Å². The lowest BCUT2D eigenvalue weighted by Gasteiger charge is -2.06. The van der Waals surface area contributed by atoms with Gasteiger partial charge in [0, 0.05) is 18.0 Å². The minimum absolute atomic E-state index is 0. The van der Waals surface area contributed by atoms with Crippen molar-refractivity contribution in [3.8, 4) is 11.3 Å². The summed E-state index contributed by atoms with van der Waals surface area (Å²) in [5.41, 5.74) is 6.51. The first-order valence-electron chi connectivity index (χ1n) is 4.86. The number of benzene rings is 1. The zero-order chi connectivity index (χ0) is 12.5. The largest absolute Gasteiger partial charge is 0.368 e. The van der Waals surface area contributed by atoms with Gasteiger partial charge in [0.2, 0.25) is 5.95 Å². The highest BCUT2D eigenvalue weighted by Gasteiger charge is 2.14. The second kappa shape index (κ2) is 5.32. The smallest absolute Gasteiger partial charge is 0.220 e. The quantitative estimate of drug-likeness (QED) is 0.905. The van der Waals surface area contributed by atoms with Crippen LogP contribution in [0.5, 0.6) is 0 Å². The van der Waals surface area contributed by atoms with E-state index < -0.39 is 9.84 Å². The molecule has 2 rings (SSSR count). The molecule has 0 unspecified atom stereocenters. The molecule has 0 spiro atoms. The minimum Gasteiger partial charge on any atom is -0.368 e. The van der Waals surface area contributed by atoms with E-state index in [4.69, 9.17) is 5.73 Å². The monoisotopic (exact) mass is 285 g/mol. The average Bonchev–Trinajstić information content (AvgIpc) is 2.28. The molecule has 0 aliphatic heterocycles. The summed E-state index contributed by atoms with van der Waals surface area (Å²) in [5, 5.41) is 0. The number of nitrogen functional groups attached to an aromatic ring is 1. The van der Waals surface area contributed by atoms with Crippen molar-refractivity contribution >= 4 is 28.2 Å². The molecule has 0 aliphatic rings. The molecule has 1 heterocycles. The van der Waals surface area contributed by atoms with Crippen LogP contribution >= 0.6 is 12.4 Å². The highest BCUT2D eigenvalue weighted by molar-refractivity contribution is 7.90. The molecule has 2 aromatic rings. The molecule has 0 saturated heterocycles. The fourth-order valence-corrected chi connectivity index (χ4v) is 2.42. The molecular weight excluding hydrogens is 274 g/mol. The predicted octanol–water partition coefficient (Wildman–Crippen LogP) is 1.55. The van der Waals surface area contributed by atoms with Crippen LogP contribution in [0.15, 0.2) is 41.4 Å². The summed E-state index contributed by atoms with van der Waals surface area (Å²) in [4.78, 5) is 8.03. The maximum atomic E-state index is 11.6. The Labute approximate surface area is 111 Å². The van der Waals surface area contributed by atoms with Crippen molar-refractivity contribution in [3.05, 3.63) is 36.5 Å². The first-order chi connectivity index (χ1) is 7.98. The number of halogens is 1. The minimum atomic E-state index is -3.30. The van der Waals surface area contributed by atoms with Gasteiger partial charge in [-0.15, -0.1) is 12.4 Å². The van der Waals surface area contributed by atoms with Crippen LogP contribution in [-0.2, 0) is 9.84 Å². The SMILES string of the molecule is CS(=O)(=O)c1ccccc1-c1ccnc(N)n1.Cl. The second-order valence-corrected chi connectivity index (χ2v) is 5.55. The molecule has 0 bridgehead atoms. The highest BCUT2D eigenvalue weighted by atomic mass is 35.5. The van der Waals surface area contributed by atoms with Gasteiger partial charge in [-0.1, -0.05) is 18.2 Å². The fraction of sp³-hybridized carbons (Fsp3) is 0.0909. The first kappa shape index (κ1) is 14.4. The van der Waals surface area contributed by atoms with Gasteiger partial charge in [0.25, 0.3) is 0 Å². The van der Waals surface area contributed by atoms with Crippen molar-refractivity contribution < 1.29 is 8.42 Å². The summed E-state index contributed by atoms with van der Waals surface area (Å²) in [6.45, 7) is 0. The zero-order valence-electron chi connectivity index (χ0n) is 9.57. The Morgan fingerprint density at radius 2 is 1.83 bits per heavy atom. The number of hydrogen-bond acceptors (Lipinski definition) is 5. The van der Waals surface area contributed by atoms with Gasteiger partial charge < -0.3 is 5.73 Å². The Morgan fingerprint density at radius 1 is 1.17 bits per heavy atom. The molecule has 1 aromatic heterocycles. The molecule has 1 aromatic carbocycles. The topological polar surface area (TPSA) is 85.9 Å². The van der Waals surface area contributed by atoms with Crippen molar-refractivity contribution in [2.75, 3.05) is 12.0 Å². The van der Waals surface area contributed by atoms with Crippen LogP contribution in [0, 0.1) is 0 Å². The molecule has 0 fully saturated rings. The van der Waals surface area contributed by atoms with Gasteiger partial charge >= 0.3 is 0 Å². The van der Waals surface area contributed by atoms with E-state index in [1.165, 1.54) is 6.20 Å². The summed E-state index contributed by atoms with van der Waals surface area (Å²) < 4.78 is 23.3. The van der Waals surface area contributed by atoms with E-state index in [-0.39, 0.29) is 23.3 Å². The second-order valence-electron chi connectivity index (χ2n) is 3.57. The molecule has 0 atom stereocenters. The molecule has 5 nitrogen and oxygen atoms in total. The van der Waals surface area contributed by atoms with Crippen LogP contribution < -0.4 is 5.73 Å². The van der Waals surface area contributed by atoms with E-state index in [0.717, 1.165) is 6.26 Å². The van der Waals surface area contributed by atoms with Gasteiger partial charge in [0.05, 0.1) is 10.6 Å². The number of nitrogens with two attached hydrogens (primary N) is 1. The molecule has 7 heteroatoms. The van der Waals surface area contributed by atoms with Crippen molar-refractivity contribution in [2.45, 2.75) is 4.90 Å². The number of hydrogen-bond donors (Lipinski definition) is 1. The molecule has 0 saturated carbocycles. The zero-order valence-corrected chi connectivity index (χ0v) is 11.2. The van der Waals surface area contributed by atoms with Crippen LogP contribution in [0.3, 0.4) is 0 Å². The molecule has 0 aliphatic carbocycles. The lowest BCUT2D eigenvalue weighted by atomic mass is 10.1. The van der Waals surface area contributed by atoms with E-state index in [1.807, 2.05) is 0 Å². The summed E-state index contributed by atoms with van der Waals surface area (Å²) in [6, 6.07) is 8.29. The van der Waals surface area contributed by atoms with Gasteiger partial charge in [-0.3, -0.25) is 0 Å². The van der Waals surface area contributed by atoms with E-state index in [9.17, 15) is 8.42 Å². The third-order valence-electron chi connectivity index (χ3n) is 2.24. The van der Waals surface area contributed by atoms with Crippen LogP contribution in [0.1, 0.15) is 0 Å². The Hall–Kier alpha value is -1.66. The number of sulfone groups is 1. The molecule has 18 heavy (non-hydrogen) atoms. The third kappa shape index (κ3) is 2.96. The maximum absolute atomic E-state index is 11.6. The summed E-state index contributed by atoms with van der Waals surface area (Å²) >= 11 is 0. The van der Waals surface area contributed by atoms with E-state index in [0.29, 0.717) is 11.3 Å². The summed E-state index contributed by atoms with van der Waals surface area (Å²) in [5.74, 6) is 0.116. The third-order valence-corrected chi connectivity index (χ3v) is 3.39. The van der Waals surface area contributed by atoms with Gasteiger partial charge in [-0.05, 0) is 12.1 Å². The number of rotatable bonds is 2. The lowest BCUT2D eigenvalue weighted by molar-refractivity contribution is 0.602. The van der Waals surface area contributed by atoms with Crippen molar-refractivity contribution in [1.29, 1.82) is 0 Å². The lowest BCUT2D eigenvalue weighted by Crippen LogP contribution is -2.02. The van der Waals surface area contributed by atoms with Crippen LogP contribution in [0.4, 0.5) is 5.95 Å². The Bertz CT molecular complexity index is 659. The van der Waals surface area contributed by atoms with Gasteiger partial charge in [-0.25, -0.2) is 18.4 Å². The Balaban J connectivity index is 0.00000162. The predicted molar refractivity (Wildman–Crippen MR) is 72.2 cm³/mol. The normalized spacial score (nSPS) is 10.7. The first-order valence-corrected chi connectivity index (χ1v) is 6.75. The Morgan fingerprint density at radius 3 is 2.44 bits per heavy atom. The molecular formula is C11H12ClN3O2S. The van der Waals surface area contributed by atoms with Crippen molar-refractivity contribution in [2.24, 2.45) is 0 Å². The van der Waals surface area contributed by atoms with E-state index >= 15 is 0 Å². The molecule has 0 radical (unpaired) electrons. The van der Waals surface area contributed by atoms with Gasteiger partial charge in [0.1, 0.15) is 0 Å². The Kier molecular flexibility index (Phi) is 4.26. The molecule has 96 valence electrons. The van der Waals surface area contributed by atoms with Gasteiger partial charge in [0.15, 0.2) is 9.84 Å². The van der Waals surface area contributed by atoms with Crippen LogP contribution in [0.2, 0.25) is 0 Å². The average molecular weight is 286 g/mol. The van der Waals surface area contributed by atoms with E-state index in [2.05, 4.69) is 9.97 Å². The number of anilines is 1. The molecule has 2 N–H and O–H groups in total. The molecule has 0 amide bonds. The van der Waals surface area contributed by atoms with Gasteiger partial charge in [-0.2, -0.15) is 0 Å². The summed E-state index contributed by atoms with van der Waals surface area (Å²) in [6.07, 6.45) is 2.66. The van der Waals surface area contributed by atoms with Crippen molar-refractivity contribution in [1.82, 2.24) is 9.97 Å². The van der Waals surface area contributed by atoms with Crippen LogP contribution in [0.25, 0.3) is 11.3 Å². The summed E-state index contributed by atoms with van der Waals surface area (Å²) in [7, 11) is -3.30. The number of nitrogens with zero attached hydrogens (tertiary/aromatic N) is 2. The van der Waals surface area contributed by atoms with Crippen LogP contribution in [-0.4, -0.2) is 24.6 Å². The maximum Gasteiger partial charge on any atom is 0.220 e. The number of aromatic nitrogens is 2. The highest BCUT2D eigenvalue weighted by Crippen LogP contribution is 2.25.